The number of anilines is 1. The first kappa shape index (κ1) is 12.9. The van der Waals surface area contributed by atoms with E-state index in [1.165, 1.54) is 9.26 Å². The number of benzene rings is 1. The van der Waals surface area contributed by atoms with Crippen LogP contribution in [0.25, 0.3) is 0 Å². The predicted molar refractivity (Wildman–Crippen MR) is 84.4 cm³/mol. The quantitative estimate of drug-likeness (QED) is 0.569. The third-order valence-electron chi connectivity index (χ3n) is 3.03. The van der Waals surface area contributed by atoms with Crippen LogP contribution in [0.1, 0.15) is 13.3 Å². The zero-order valence-corrected chi connectivity index (χ0v) is 13.5. The summed E-state index contributed by atoms with van der Waals surface area (Å²) < 4.78 is 8.11. The van der Waals surface area contributed by atoms with Crippen LogP contribution in [0.3, 0.4) is 0 Å². The molecule has 0 aliphatic carbocycles. The highest BCUT2D eigenvalue weighted by Crippen LogP contribution is 2.30. The number of hydrogen-bond donors (Lipinski definition) is 1. The van der Waals surface area contributed by atoms with E-state index in [9.17, 15) is 0 Å². The smallest absolute Gasteiger partial charge is 0.0944 e. The van der Waals surface area contributed by atoms with Crippen LogP contribution in [0.4, 0.5) is 5.69 Å². The highest BCUT2D eigenvalue weighted by atomic mass is 127. The Kier molecular flexibility index (Phi) is 4.34. The molecule has 1 N–H and O–H groups in total. The molecule has 16 heavy (non-hydrogen) atoms. The molecule has 4 heteroatoms. The molecule has 1 heterocycles. The average Bonchev–Trinajstić information content (AvgIpc) is 2.65. The minimum atomic E-state index is -0.0242. The standard InChI is InChI=1S/C12H15I2NO/c1-12(8-13)11(6-7-16-12)15-10-4-2-9(14)3-5-10/h2-5,11,15H,6-8H2,1H3/t11-,12+/m1/s1. The van der Waals surface area contributed by atoms with Crippen LogP contribution in [-0.4, -0.2) is 22.7 Å². The molecular formula is C12H15I2NO. The van der Waals surface area contributed by atoms with Gasteiger partial charge in [0.25, 0.3) is 0 Å². The Morgan fingerprint density at radius 3 is 2.75 bits per heavy atom. The van der Waals surface area contributed by atoms with Crippen molar-refractivity contribution < 1.29 is 4.74 Å². The van der Waals surface area contributed by atoms with Crippen molar-refractivity contribution in [2.45, 2.75) is 25.0 Å². The van der Waals surface area contributed by atoms with E-state index in [4.69, 9.17) is 4.74 Å². The number of nitrogens with one attached hydrogen (secondary N) is 1. The van der Waals surface area contributed by atoms with E-state index >= 15 is 0 Å². The molecule has 1 aliphatic heterocycles. The number of ether oxygens (including phenoxy) is 1. The lowest BCUT2D eigenvalue weighted by Crippen LogP contribution is -2.42. The third kappa shape index (κ3) is 2.81. The minimum Gasteiger partial charge on any atom is -0.379 e. The number of rotatable bonds is 3. The molecule has 1 aromatic rings. The van der Waals surface area contributed by atoms with Gasteiger partial charge in [0.1, 0.15) is 0 Å². The summed E-state index contributed by atoms with van der Waals surface area (Å²) in [6.45, 7) is 3.05. The van der Waals surface area contributed by atoms with Gasteiger partial charge in [0.05, 0.1) is 11.6 Å². The Morgan fingerprint density at radius 2 is 2.12 bits per heavy atom. The van der Waals surface area contributed by atoms with Gasteiger partial charge in [-0.3, -0.25) is 0 Å². The van der Waals surface area contributed by atoms with Crippen LogP contribution < -0.4 is 5.32 Å². The van der Waals surface area contributed by atoms with E-state index < -0.39 is 0 Å². The second-order valence-electron chi connectivity index (χ2n) is 4.29. The van der Waals surface area contributed by atoms with Crippen LogP contribution in [0, 0.1) is 3.57 Å². The number of halogens is 2. The van der Waals surface area contributed by atoms with Crippen molar-refractivity contribution in [2.75, 3.05) is 16.4 Å². The van der Waals surface area contributed by atoms with E-state index in [0.29, 0.717) is 6.04 Å². The van der Waals surface area contributed by atoms with Gasteiger partial charge in [-0.15, -0.1) is 0 Å². The molecule has 0 amide bonds. The molecule has 0 spiro atoms. The maximum absolute atomic E-state index is 5.83. The summed E-state index contributed by atoms with van der Waals surface area (Å²) in [5, 5.41) is 3.58. The Hall–Kier alpha value is 0.440. The van der Waals surface area contributed by atoms with E-state index in [1.54, 1.807) is 0 Å². The van der Waals surface area contributed by atoms with Crippen molar-refractivity contribution in [1.82, 2.24) is 0 Å². The maximum Gasteiger partial charge on any atom is 0.0944 e. The molecule has 0 radical (unpaired) electrons. The zero-order chi connectivity index (χ0) is 11.6. The molecule has 0 bridgehead atoms. The normalized spacial score (nSPS) is 29.3. The van der Waals surface area contributed by atoms with Crippen molar-refractivity contribution >= 4 is 50.9 Å². The first-order chi connectivity index (χ1) is 7.64. The van der Waals surface area contributed by atoms with Crippen LogP contribution in [0.2, 0.25) is 0 Å². The molecule has 2 atom stereocenters. The molecule has 0 unspecified atom stereocenters. The fourth-order valence-corrected chi connectivity index (χ4v) is 3.03. The van der Waals surface area contributed by atoms with Crippen LogP contribution in [0.5, 0.6) is 0 Å². The minimum absolute atomic E-state index is 0.0242. The lowest BCUT2D eigenvalue weighted by molar-refractivity contribution is 0.0381. The van der Waals surface area contributed by atoms with Gasteiger partial charge in [-0.1, -0.05) is 22.6 Å². The SMILES string of the molecule is C[C@@]1(CI)OCC[C@H]1Nc1ccc(I)cc1. The lowest BCUT2D eigenvalue weighted by Gasteiger charge is -2.29. The topological polar surface area (TPSA) is 21.3 Å². The Balaban J connectivity index is 2.07. The van der Waals surface area contributed by atoms with Crippen molar-refractivity contribution in [3.05, 3.63) is 27.8 Å². The molecule has 1 fully saturated rings. The third-order valence-corrected chi connectivity index (χ3v) is 5.26. The molecule has 1 aliphatic rings. The van der Waals surface area contributed by atoms with Gasteiger partial charge in [-0.2, -0.15) is 0 Å². The zero-order valence-electron chi connectivity index (χ0n) is 9.17. The van der Waals surface area contributed by atoms with E-state index in [1.807, 2.05) is 0 Å². The summed E-state index contributed by atoms with van der Waals surface area (Å²) in [5.41, 5.74) is 1.16. The Morgan fingerprint density at radius 1 is 1.44 bits per heavy atom. The summed E-state index contributed by atoms with van der Waals surface area (Å²) in [7, 11) is 0. The van der Waals surface area contributed by atoms with Crippen molar-refractivity contribution in [1.29, 1.82) is 0 Å². The van der Waals surface area contributed by atoms with Gasteiger partial charge < -0.3 is 10.1 Å². The van der Waals surface area contributed by atoms with Crippen molar-refractivity contribution in [2.24, 2.45) is 0 Å². The van der Waals surface area contributed by atoms with Crippen molar-refractivity contribution in [3.8, 4) is 0 Å². The Bertz CT molecular complexity index is 355. The van der Waals surface area contributed by atoms with Crippen molar-refractivity contribution in [3.63, 3.8) is 0 Å². The largest absolute Gasteiger partial charge is 0.379 e. The monoisotopic (exact) mass is 443 g/mol. The number of alkyl halides is 1. The van der Waals surface area contributed by atoms with Gasteiger partial charge in [0.15, 0.2) is 0 Å². The van der Waals surface area contributed by atoms with Crippen LogP contribution in [0.15, 0.2) is 24.3 Å². The summed E-state index contributed by atoms with van der Waals surface area (Å²) in [4.78, 5) is 0. The molecule has 2 nitrogen and oxygen atoms in total. The number of hydrogen-bond acceptors (Lipinski definition) is 2. The van der Waals surface area contributed by atoms with Crippen LogP contribution in [-0.2, 0) is 4.74 Å². The molecule has 88 valence electrons. The van der Waals surface area contributed by atoms with Gasteiger partial charge in [-0.25, -0.2) is 0 Å². The molecule has 0 aromatic heterocycles. The highest BCUT2D eigenvalue weighted by molar-refractivity contribution is 14.1. The van der Waals surface area contributed by atoms with Crippen LogP contribution >= 0.6 is 45.2 Å². The Labute approximate surface area is 124 Å². The molecule has 0 saturated carbocycles. The van der Waals surface area contributed by atoms with E-state index in [2.05, 4.69) is 81.7 Å². The van der Waals surface area contributed by atoms with Gasteiger partial charge >= 0.3 is 0 Å². The summed E-state index contributed by atoms with van der Waals surface area (Å²) in [6, 6.07) is 8.94. The summed E-state index contributed by atoms with van der Waals surface area (Å²) in [5.74, 6) is 0. The second-order valence-corrected chi connectivity index (χ2v) is 6.30. The lowest BCUT2D eigenvalue weighted by atomic mass is 9.99. The molecule has 2 rings (SSSR count). The predicted octanol–water partition coefficient (Wildman–Crippen LogP) is 3.69. The van der Waals surface area contributed by atoms with Gasteiger partial charge in [0.2, 0.25) is 0 Å². The fourth-order valence-electron chi connectivity index (χ4n) is 1.92. The fraction of sp³-hybridized carbons (Fsp3) is 0.500. The molecular weight excluding hydrogens is 428 g/mol. The van der Waals surface area contributed by atoms with Gasteiger partial charge in [0, 0.05) is 20.3 Å². The molecule has 1 aromatic carbocycles. The average molecular weight is 443 g/mol. The van der Waals surface area contributed by atoms with E-state index in [0.717, 1.165) is 17.5 Å². The van der Waals surface area contributed by atoms with Gasteiger partial charge in [-0.05, 0) is 60.2 Å². The van der Waals surface area contributed by atoms with E-state index in [-0.39, 0.29) is 5.60 Å². The second kappa shape index (κ2) is 5.39. The summed E-state index contributed by atoms with van der Waals surface area (Å²) in [6.07, 6.45) is 1.09. The first-order valence-corrected chi connectivity index (χ1v) is 7.96. The summed E-state index contributed by atoms with van der Waals surface area (Å²) >= 11 is 4.72. The maximum atomic E-state index is 5.83. The first-order valence-electron chi connectivity index (χ1n) is 5.36. The highest BCUT2D eigenvalue weighted by Gasteiger charge is 2.39. The molecule has 1 saturated heterocycles.